The Morgan fingerprint density at radius 1 is 1.13 bits per heavy atom. The summed E-state index contributed by atoms with van der Waals surface area (Å²) in [4.78, 5) is 18.4. The lowest BCUT2D eigenvalue weighted by molar-refractivity contribution is -0.142. The minimum atomic E-state index is -4.71. The molecule has 0 spiro atoms. The highest BCUT2D eigenvalue weighted by molar-refractivity contribution is 5.93. The molecule has 4 rings (SSSR count). The Hall–Kier alpha value is -2.98. The van der Waals surface area contributed by atoms with Crippen molar-refractivity contribution < 1.29 is 28.2 Å². The van der Waals surface area contributed by atoms with Crippen LogP contribution in [0.3, 0.4) is 0 Å². The largest absolute Gasteiger partial charge is 0.433 e. The van der Waals surface area contributed by atoms with Gasteiger partial charge in [-0.3, -0.25) is 4.79 Å². The van der Waals surface area contributed by atoms with Crippen LogP contribution in [0.2, 0.25) is 0 Å². The average molecular weight is 434 g/mol. The molecule has 31 heavy (non-hydrogen) atoms. The molecule has 1 aliphatic heterocycles. The van der Waals surface area contributed by atoms with E-state index in [1.807, 2.05) is 6.92 Å². The molecule has 0 unspecified atom stereocenters. The fraction of sp³-hybridized carbons (Fsp3) is 0.381. The van der Waals surface area contributed by atoms with E-state index in [2.05, 4.69) is 10.1 Å². The van der Waals surface area contributed by atoms with Crippen molar-refractivity contribution in [2.45, 2.75) is 38.1 Å². The molecule has 1 aliphatic rings. The van der Waals surface area contributed by atoms with Gasteiger partial charge in [-0.1, -0.05) is 29.8 Å². The standard InChI is InChI=1S/C21H21F3N4O3/c1-12-4-6-13(7-5-12)14-9-18(21(22,23)24)28-19(25-14)10-15(26-28)20(31)27-8-2-3-16(29)17(30)11-27/h4-7,9-10,16-17,29-30H,2-3,8,11H2,1H3/t16-,17+/m0/s1. The van der Waals surface area contributed by atoms with Crippen LogP contribution in [0, 0.1) is 6.92 Å². The smallest absolute Gasteiger partial charge is 0.390 e. The number of nitrogens with zero attached hydrogens (tertiary/aromatic N) is 4. The third-order valence-corrected chi connectivity index (χ3v) is 5.35. The summed E-state index contributed by atoms with van der Waals surface area (Å²) in [6, 6.07) is 9.03. The highest BCUT2D eigenvalue weighted by atomic mass is 19.4. The summed E-state index contributed by atoms with van der Waals surface area (Å²) < 4.78 is 41.9. The number of aromatic nitrogens is 3. The molecule has 2 aromatic heterocycles. The number of benzene rings is 1. The van der Waals surface area contributed by atoms with Crippen LogP contribution in [0.4, 0.5) is 13.2 Å². The minimum Gasteiger partial charge on any atom is -0.390 e. The molecule has 1 aromatic carbocycles. The Labute approximate surface area is 175 Å². The molecule has 7 nitrogen and oxygen atoms in total. The van der Waals surface area contributed by atoms with Crippen molar-refractivity contribution in [2.24, 2.45) is 0 Å². The van der Waals surface area contributed by atoms with Gasteiger partial charge in [0.05, 0.1) is 17.9 Å². The summed E-state index contributed by atoms with van der Waals surface area (Å²) >= 11 is 0. The highest BCUT2D eigenvalue weighted by Gasteiger charge is 2.36. The second kappa shape index (κ2) is 7.93. The summed E-state index contributed by atoms with van der Waals surface area (Å²) in [6.07, 6.45) is -6.00. The van der Waals surface area contributed by atoms with E-state index in [1.165, 1.54) is 11.0 Å². The van der Waals surface area contributed by atoms with Gasteiger partial charge in [0.25, 0.3) is 5.91 Å². The van der Waals surface area contributed by atoms with Crippen LogP contribution in [-0.2, 0) is 6.18 Å². The highest BCUT2D eigenvalue weighted by Crippen LogP contribution is 2.32. The average Bonchev–Trinajstić information content (AvgIpc) is 3.07. The van der Waals surface area contributed by atoms with Crippen LogP contribution >= 0.6 is 0 Å². The zero-order valence-corrected chi connectivity index (χ0v) is 16.7. The van der Waals surface area contributed by atoms with Crippen molar-refractivity contribution in [3.8, 4) is 11.3 Å². The predicted molar refractivity (Wildman–Crippen MR) is 105 cm³/mol. The van der Waals surface area contributed by atoms with Gasteiger partial charge in [0, 0.05) is 24.7 Å². The lowest BCUT2D eigenvalue weighted by Crippen LogP contribution is -2.39. The number of aliphatic hydroxyl groups excluding tert-OH is 2. The Bertz CT molecular complexity index is 1110. The maximum Gasteiger partial charge on any atom is 0.433 e. The molecular weight excluding hydrogens is 413 g/mol. The fourth-order valence-corrected chi connectivity index (χ4v) is 3.62. The number of likely N-dealkylation sites (tertiary alicyclic amines) is 1. The van der Waals surface area contributed by atoms with Crippen LogP contribution in [0.1, 0.15) is 34.6 Å². The van der Waals surface area contributed by atoms with Crippen LogP contribution in [0.15, 0.2) is 36.4 Å². The first-order valence-corrected chi connectivity index (χ1v) is 9.84. The molecule has 10 heteroatoms. The number of halogens is 3. The first kappa shape index (κ1) is 21.3. The van der Waals surface area contributed by atoms with Crippen molar-refractivity contribution in [3.05, 3.63) is 53.3 Å². The number of hydrogen-bond acceptors (Lipinski definition) is 5. The van der Waals surface area contributed by atoms with E-state index in [-0.39, 0.29) is 30.1 Å². The van der Waals surface area contributed by atoms with Gasteiger partial charge >= 0.3 is 6.18 Å². The Balaban J connectivity index is 1.77. The van der Waals surface area contributed by atoms with Crippen molar-refractivity contribution in [2.75, 3.05) is 13.1 Å². The zero-order chi connectivity index (χ0) is 22.3. The number of aliphatic hydroxyl groups is 2. The van der Waals surface area contributed by atoms with Gasteiger partial charge in [0.1, 0.15) is 0 Å². The number of carbonyl (C=O) groups excluding carboxylic acids is 1. The van der Waals surface area contributed by atoms with E-state index in [0.29, 0.717) is 22.9 Å². The molecule has 1 amide bonds. The molecule has 0 saturated carbocycles. The van der Waals surface area contributed by atoms with E-state index < -0.39 is 30.0 Å². The third-order valence-electron chi connectivity index (χ3n) is 5.35. The summed E-state index contributed by atoms with van der Waals surface area (Å²) in [5.41, 5.74) is 0.234. The van der Waals surface area contributed by atoms with Crippen LogP contribution < -0.4 is 0 Å². The van der Waals surface area contributed by atoms with Gasteiger partial charge in [-0.25, -0.2) is 9.50 Å². The number of alkyl halides is 3. The number of rotatable bonds is 2. The van der Waals surface area contributed by atoms with E-state index in [9.17, 15) is 28.2 Å². The molecular formula is C21H21F3N4O3. The van der Waals surface area contributed by atoms with Gasteiger partial charge in [-0.15, -0.1) is 0 Å². The quantitative estimate of drug-likeness (QED) is 0.647. The summed E-state index contributed by atoms with van der Waals surface area (Å²) in [5.74, 6) is -0.622. The van der Waals surface area contributed by atoms with Crippen molar-refractivity contribution in [1.29, 1.82) is 0 Å². The molecule has 3 heterocycles. The Kier molecular flexibility index (Phi) is 5.44. The summed E-state index contributed by atoms with van der Waals surface area (Å²) in [6.45, 7) is 2.01. The monoisotopic (exact) mass is 434 g/mol. The van der Waals surface area contributed by atoms with Gasteiger partial charge in [0.2, 0.25) is 0 Å². The van der Waals surface area contributed by atoms with E-state index in [0.717, 1.165) is 11.6 Å². The van der Waals surface area contributed by atoms with Gasteiger partial charge in [-0.05, 0) is 25.8 Å². The Morgan fingerprint density at radius 2 is 1.84 bits per heavy atom. The molecule has 0 bridgehead atoms. The van der Waals surface area contributed by atoms with Crippen LogP contribution in [0.25, 0.3) is 16.9 Å². The van der Waals surface area contributed by atoms with Crippen molar-refractivity contribution in [1.82, 2.24) is 19.5 Å². The summed E-state index contributed by atoms with van der Waals surface area (Å²) in [7, 11) is 0. The first-order valence-electron chi connectivity index (χ1n) is 9.84. The second-order valence-electron chi connectivity index (χ2n) is 7.72. The number of carbonyl (C=O) groups is 1. The lowest BCUT2D eigenvalue weighted by Gasteiger charge is -2.22. The van der Waals surface area contributed by atoms with Crippen molar-refractivity contribution >= 4 is 11.6 Å². The Morgan fingerprint density at radius 3 is 2.52 bits per heavy atom. The molecule has 1 fully saturated rings. The zero-order valence-electron chi connectivity index (χ0n) is 16.7. The normalized spacial score (nSPS) is 20.1. The van der Waals surface area contributed by atoms with E-state index in [1.54, 1.807) is 24.3 Å². The van der Waals surface area contributed by atoms with Gasteiger partial charge in [-0.2, -0.15) is 18.3 Å². The molecule has 2 N–H and O–H groups in total. The number of fused-ring (bicyclic) bond motifs is 1. The number of β-amino-alcohol motifs (C(OH)–C–C–N with tert-alkyl or cyclic N) is 1. The summed E-state index contributed by atoms with van der Waals surface area (Å²) in [5, 5.41) is 23.6. The van der Waals surface area contributed by atoms with E-state index in [4.69, 9.17) is 0 Å². The minimum absolute atomic E-state index is 0.107. The molecule has 1 saturated heterocycles. The molecule has 2 atom stereocenters. The fourth-order valence-electron chi connectivity index (χ4n) is 3.62. The van der Waals surface area contributed by atoms with Gasteiger partial charge in [0.15, 0.2) is 17.0 Å². The number of hydrogen-bond donors (Lipinski definition) is 2. The van der Waals surface area contributed by atoms with Crippen LogP contribution in [0.5, 0.6) is 0 Å². The maximum atomic E-state index is 13.7. The van der Waals surface area contributed by atoms with Crippen LogP contribution in [-0.4, -0.2) is 60.9 Å². The first-order chi connectivity index (χ1) is 14.6. The topological polar surface area (TPSA) is 91.0 Å². The molecule has 0 aliphatic carbocycles. The maximum absolute atomic E-state index is 13.7. The lowest BCUT2D eigenvalue weighted by atomic mass is 10.1. The second-order valence-corrected chi connectivity index (χ2v) is 7.72. The molecule has 3 aromatic rings. The molecule has 0 radical (unpaired) electrons. The SMILES string of the molecule is Cc1ccc(-c2cc(C(F)(F)F)n3nc(C(=O)N4CCC[C@H](O)[C@H](O)C4)cc3n2)cc1. The van der Waals surface area contributed by atoms with Gasteiger partial charge < -0.3 is 15.1 Å². The van der Waals surface area contributed by atoms with E-state index >= 15 is 0 Å². The predicted octanol–water partition coefficient (Wildman–Crippen LogP) is 2.68. The van der Waals surface area contributed by atoms with Crippen molar-refractivity contribution in [3.63, 3.8) is 0 Å². The molecule has 164 valence electrons. The number of amides is 1. The number of aryl methyl sites for hydroxylation is 1. The third kappa shape index (κ3) is 4.26.